The van der Waals surface area contributed by atoms with Gasteiger partial charge >= 0.3 is 5.97 Å². The first kappa shape index (κ1) is 13.7. The van der Waals surface area contributed by atoms with Gasteiger partial charge in [-0.25, -0.2) is 0 Å². The molecule has 1 N–H and O–H groups in total. The zero-order valence-electron chi connectivity index (χ0n) is 11.7. The monoisotopic (exact) mass is 291 g/mol. The SMILES string of the molecule is COc1ccc2c(c1)OCCN(C(=O)[C@@H]1C[C@H]1C(=O)O)C2. The van der Waals surface area contributed by atoms with E-state index in [0.29, 0.717) is 31.9 Å². The number of carbonyl (C=O) groups is 2. The van der Waals surface area contributed by atoms with Crippen LogP contribution in [0.3, 0.4) is 0 Å². The molecule has 1 fully saturated rings. The van der Waals surface area contributed by atoms with E-state index in [4.69, 9.17) is 14.6 Å². The number of ether oxygens (including phenoxy) is 2. The van der Waals surface area contributed by atoms with E-state index in [2.05, 4.69) is 0 Å². The van der Waals surface area contributed by atoms with Gasteiger partial charge in [-0.2, -0.15) is 0 Å². The van der Waals surface area contributed by atoms with E-state index >= 15 is 0 Å². The molecular formula is C15H17NO5. The Bertz CT molecular complexity index is 585. The number of carboxylic acids is 1. The zero-order valence-corrected chi connectivity index (χ0v) is 11.7. The van der Waals surface area contributed by atoms with E-state index < -0.39 is 11.9 Å². The number of hydrogen-bond acceptors (Lipinski definition) is 4. The van der Waals surface area contributed by atoms with Crippen LogP contribution in [-0.2, 0) is 16.1 Å². The average Bonchev–Trinajstić information content (AvgIpc) is 3.28. The van der Waals surface area contributed by atoms with Gasteiger partial charge in [-0.3, -0.25) is 9.59 Å². The van der Waals surface area contributed by atoms with Gasteiger partial charge < -0.3 is 19.5 Å². The molecule has 0 aromatic heterocycles. The third-order valence-electron chi connectivity index (χ3n) is 3.99. The molecular weight excluding hydrogens is 274 g/mol. The molecule has 3 rings (SSSR count). The highest BCUT2D eigenvalue weighted by Crippen LogP contribution is 2.41. The fraction of sp³-hybridized carbons (Fsp3) is 0.467. The van der Waals surface area contributed by atoms with Gasteiger partial charge in [0.15, 0.2) is 0 Å². The lowest BCUT2D eigenvalue weighted by molar-refractivity contribution is -0.142. The highest BCUT2D eigenvalue weighted by Gasteiger charge is 2.49. The smallest absolute Gasteiger partial charge is 0.307 e. The van der Waals surface area contributed by atoms with Crippen molar-refractivity contribution in [2.45, 2.75) is 13.0 Å². The summed E-state index contributed by atoms with van der Waals surface area (Å²) in [5.74, 6) is -0.435. The van der Waals surface area contributed by atoms with Crippen LogP contribution in [0.15, 0.2) is 18.2 Å². The number of carboxylic acid groups (broad SMARTS) is 1. The van der Waals surface area contributed by atoms with Gasteiger partial charge in [-0.15, -0.1) is 0 Å². The van der Waals surface area contributed by atoms with Crippen LogP contribution >= 0.6 is 0 Å². The highest BCUT2D eigenvalue weighted by molar-refractivity contribution is 5.89. The Morgan fingerprint density at radius 3 is 2.86 bits per heavy atom. The van der Waals surface area contributed by atoms with Crippen LogP contribution in [0, 0.1) is 11.8 Å². The summed E-state index contributed by atoms with van der Waals surface area (Å²) in [4.78, 5) is 24.9. The minimum atomic E-state index is -0.885. The van der Waals surface area contributed by atoms with Crippen LogP contribution in [0.5, 0.6) is 11.5 Å². The maximum Gasteiger partial charge on any atom is 0.307 e. The number of fused-ring (bicyclic) bond motifs is 1. The normalized spacial score (nSPS) is 23.6. The molecule has 1 heterocycles. The molecule has 6 nitrogen and oxygen atoms in total. The van der Waals surface area contributed by atoms with Gasteiger partial charge in [0.1, 0.15) is 18.1 Å². The molecule has 2 aliphatic rings. The molecule has 1 aliphatic carbocycles. The van der Waals surface area contributed by atoms with Crippen molar-refractivity contribution in [2.75, 3.05) is 20.3 Å². The Morgan fingerprint density at radius 1 is 1.38 bits per heavy atom. The van der Waals surface area contributed by atoms with Gasteiger partial charge in [0.05, 0.1) is 25.5 Å². The predicted octanol–water partition coefficient (Wildman–Crippen LogP) is 1.14. The third-order valence-corrected chi connectivity index (χ3v) is 3.99. The van der Waals surface area contributed by atoms with E-state index in [9.17, 15) is 9.59 Å². The van der Waals surface area contributed by atoms with Crippen molar-refractivity contribution >= 4 is 11.9 Å². The van der Waals surface area contributed by atoms with E-state index in [0.717, 1.165) is 11.3 Å². The first-order valence-corrected chi connectivity index (χ1v) is 6.91. The summed E-state index contributed by atoms with van der Waals surface area (Å²) in [5.41, 5.74) is 0.911. The molecule has 1 aliphatic heterocycles. The van der Waals surface area contributed by atoms with E-state index in [1.807, 2.05) is 12.1 Å². The molecule has 1 amide bonds. The molecule has 21 heavy (non-hydrogen) atoms. The summed E-state index contributed by atoms with van der Waals surface area (Å²) in [5, 5.41) is 8.93. The maximum atomic E-state index is 12.3. The fourth-order valence-electron chi connectivity index (χ4n) is 2.64. The minimum Gasteiger partial charge on any atom is -0.497 e. The molecule has 112 valence electrons. The molecule has 1 saturated carbocycles. The summed E-state index contributed by atoms with van der Waals surface area (Å²) in [6, 6.07) is 5.51. The number of methoxy groups -OCH3 is 1. The lowest BCUT2D eigenvalue weighted by atomic mass is 10.1. The molecule has 0 bridgehead atoms. The predicted molar refractivity (Wildman–Crippen MR) is 73.1 cm³/mol. The van der Waals surface area contributed by atoms with Crippen molar-refractivity contribution in [1.82, 2.24) is 4.90 Å². The number of aliphatic carboxylic acids is 1. The Kier molecular flexibility index (Phi) is 3.45. The topological polar surface area (TPSA) is 76.1 Å². The second-order valence-corrected chi connectivity index (χ2v) is 5.37. The van der Waals surface area contributed by atoms with Gasteiger partial charge in [0, 0.05) is 18.2 Å². The summed E-state index contributed by atoms with van der Waals surface area (Å²) >= 11 is 0. The van der Waals surface area contributed by atoms with Gasteiger partial charge in [-0.1, -0.05) is 0 Å². The Balaban J connectivity index is 1.74. The molecule has 2 atom stereocenters. The maximum absolute atomic E-state index is 12.3. The second-order valence-electron chi connectivity index (χ2n) is 5.37. The lowest BCUT2D eigenvalue weighted by Crippen LogP contribution is -2.34. The lowest BCUT2D eigenvalue weighted by Gasteiger charge is -2.19. The summed E-state index contributed by atoms with van der Waals surface area (Å²) in [7, 11) is 1.59. The zero-order chi connectivity index (χ0) is 15.0. The Labute approximate surface area is 122 Å². The van der Waals surface area contributed by atoms with Crippen molar-refractivity contribution in [1.29, 1.82) is 0 Å². The quantitative estimate of drug-likeness (QED) is 0.903. The van der Waals surface area contributed by atoms with Crippen LogP contribution in [0.25, 0.3) is 0 Å². The number of nitrogens with zero attached hydrogens (tertiary/aromatic N) is 1. The molecule has 0 unspecified atom stereocenters. The number of hydrogen-bond donors (Lipinski definition) is 1. The first-order valence-electron chi connectivity index (χ1n) is 6.91. The standard InChI is InChI=1S/C15H17NO5/c1-20-10-3-2-9-8-16(4-5-21-13(9)6-10)14(17)11-7-12(11)15(18)19/h2-3,6,11-12H,4-5,7-8H2,1H3,(H,18,19)/t11-,12-/m1/s1. The van der Waals surface area contributed by atoms with E-state index in [1.54, 1.807) is 18.1 Å². The molecule has 0 spiro atoms. The summed E-state index contributed by atoms with van der Waals surface area (Å²) in [6.07, 6.45) is 0.445. The van der Waals surface area contributed by atoms with E-state index in [-0.39, 0.29) is 11.8 Å². The number of amides is 1. The van der Waals surface area contributed by atoms with Crippen LogP contribution < -0.4 is 9.47 Å². The van der Waals surface area contributed by atoms with Crippen LogP contribution in [-0.4, -0.2) is 42.1 Å². The van der Waals surface area contributed by atoms with Crippen molar-refractivity contribution < 1.29 is 24.2 Å². The molecule has 1 aromatic rings. The number of benzene rings is 1. The molecule has 6 heteroatoms. The largest absolute Gasteiger partial charge is 0.497 e. The third kappa shape index (κ3) is 2.66. The van der Waals surface area contributed by atoms with Crippen LogP contribution in [0.2, 0.25) is 0 Å². The number of rotatable bonds is 3. The summed E-state index contributed by atoms with van der Waals surface area (Å²) < 4.78 is 10.8. The fourth-order valence-corrected chi connectivity index (χ4v) is 2.64. The summed E-state index contributed by atoms with van der Waals surface area (Å²) in [6.45, 7) is 1.32. The Morgan fingerprint density at radius 2 is 2.19 bits per heavy atom. The van der Waals surface area contributed by atoms with E-state index in [1.165, 1.54) is 0 Å². The van der Waals surface area contributed by atoms with Crippen molar-refractivity contribution in [3.63, 3.8) is 0 Å². The van der Waals surface area contributed by atoms with Crippen molar-refractivity contribution in [2.24, 2.45) is 11.8 Å². The van der Waals surface area contributed by atoms with Crippen molar-refractivity contribution in [3.05, 3.63) is 23.8 Å². The van der Waals surface area contributed by atoms with Gasteiger partial charge in [0.2, 0.25) is 5.91 Å². The first-order chi connectivity index (χ1) is 10.1. The number of carbonyl (C=O) groups excluding carboxylic acids is 1. The Hall–Kier alpha value is -2.24. The van der Waals surface area contributed by atoms with Gasteiger partial charge in [-0.05, 0) is 18.6 Å². The average molecular weight is 291 g/mol. The van der Waals surface area contributed by atoms with Crippen LogP contribution in [0.1, 0.15) is 12.0 Å². The molecule has 1 aromatic carbocycles. The molecule has 0 saturated heterocycles. The van der Waals surface area contributed by atoms with Crippen molar-refractivity contribution in [3.8, 4) is 11.5 Å². The highest BCUT2D eigenvalue weighted by atomic mass is 16.5. The minimum absolute atomic E-state index is 0.0883. The molecule has 0 radical (unpaired) electrons. The second kappa shape index (κ2) is 5.27. The van der Waals surface area contributed by atoms with Gasteiger partial charge in [0.25, 0.3) is 0 Å². The van der Waals surface area contributed by atoms with Crippen LogP contribution in [0.4, 0.5) is 0 Å².